The van der Waals surface area contributed by atoms with Gasteiger partial charge in [-0.25, -0.2) is 0 Å². The third-order valence-electron chi connectivity index (χ3n) is 1.08. The summed E-state index contributed by atoms with van der Waals surface area (Å²) >= 11 is 10.5. The molecule has 2 unspecified atom stereocenters. The Bertz CT molecular complexity index is 182. The van der Waals surface area contributed by atoms with Crippen molar-refractivity contribution in [3.63, 3.8) is 0 Å². The van der Waals surface area contributed by atoms with Gasteiger partial charge in [0.25, 0.3) is 0 Å². The molecule has 2 atom stereocenters. The highest BCUT2D eigenvalue weighted by molar-refractivity contribution is 6.29. The lowest BCUT2D eigenvalue weighted by molar-refractivity contribution is -0.137. The van der Waals surface area contributed by atoms with Gasteiger partial charge < -0.3 is 10.2 Å². The summed E-state index contributed by atoms with van der Waals surface area (Å²) in [7, 11) is 0. The number of alkyl halides is 2. The summed E-state index contributed by atoms with van der Waals surface area (Å²) in [5, 5.41) is 15.1. The molecule has 2 N–H and O–H groups in total. The minimum Gasteiger partial charge on any atom is -0.481 e. The Hall–Kier alpha value is -0.480. The highest BCUT2D eigenvalue weighted by Crippen LogP contribution is 1.98. The molecular weight excluding hydrogens is 231 g/mol. The summed E-state index contributed by atoms with van der Waals surface area (Å²) in [5.74, 6) is -1.79. The largest absolute Gasteiger partial charge is 0.481 e. The molecule has 0 spiro atoms. The minimum atomic E-state index is -0.941. The van der Waals surface area contributed by atoms with E-state index in [0.29, 0.717) is 6.42 Å². The van der Waals surface area contributed by atoms with E-state index in [1.807, 2.05) is 0 Å². The summed E-state index contributed by atoms with van der Waals surface area (Å²) in [6.45, 7) is 3.38. The van der Waals surface area contributed by atoms with Crippen molar-refractivity contribution in [2.75, 3.05) is 0 Å². The second-order valence-electron chi connectivity index (χ2n) is 2.59. The van der Waals surface area contributed by atoms with Crippen molar-refractivity contribution < 1.29 is 19.8 Å². The van der Waals surface area contributed by atoms with Crippen LogP contribution in [0.4, 0.5) is 0 Å². The number of carboxylic acid groups (broad SMARTS) is 2. The van der Waals surface area contributed by atoms with E-state index in [9.17, 15) is 9.59 Å². The maximum absolute atomic E-state index is 9.80. The van der Waals surface area contributed by atoms with Crippen LogP contribution in [-0.2, 0) is 9.59 Å². The lowest BCUT2D eigenvalue weighted by Gasteiger charge is -1.93. The first kappa shape index (κ1) is 16.0. The maximum Gasteiger partial charge on any atom is 0.321 e. The van der Waals surface area contributed by atoms with Crippen LogP contribution in [0.3, 0.4) is 0 Å². The number of rotatable bonds is 4. The predicted molar refractivity (Wildman–Crippen MR) is 55.1 cm³/mol. The van der Waals surface area contributed by atoms with Crippen molar-refractivity contribution >= 4 is 35.1 Å². The fourth-order valence-corrected chi connectivity index (χ4v) is 0.547. The topological polar surface area (TPSA) is 74.6 Å². The molecule has 0 bridgehead atoms. The molecule has 4 nitrogen and oxygen atoms in total. The first-order valence-corrected chi connectivity index (χ1v) is 4.91. The van der Waals surface area contributed by atoms with Crippen LogP contribution in [0, 0.1) is 0 Å². The second-order valence-corrected chi connectivity index (χ2v) is 3.86. The molecule has 0 aromatic rings. The highest BCUT2D eigenvalue weighted by atomic mass is 35.5. The quantitative estimate of drug-likeness (QED) is 0.744. The Morgan fingerprint density at radius 1 is 1.29 bits per heavy atom. The number of hydrogen-bond donors (Lipinski definition) is 2. The fraction of sp³-hybridized carbons (Fsp3) is 0.750. The number of halogens is 2. The number of carbonyl (C=O) groups is 2. The van der Waals surface area contributed by atoms with Gasteiger partial charge in [0.05, 0.1) is 6.42 Å². The van der Waals surface area contributed by atoms with Gasteiger partial charge >= 0.3 is 11.9 Å². The van der Waals surface area contributed by atoms with Crippen molar-refractivity contribution in [1.82, 2.24) is 0 Å². The number of carboxylic acids is 2. The molecule has 6 heteroatoms. The van der Waals surface area contributed by atoms with Crippen LogP contribution >= 0.6 is 23.2 Å². The Labute approximate surface area is 92.8 Å². The molecule has 84 valence electrons. The monoisotopic (exact) mass is 244 g/mol. The Kier molecular flexibility index (Phi) is 10.4. The van der Waals surface area contributed by atoms with Gasteiger partial charge in [-0.2, -0.15) is 0 Å². The smallest absolute Gasteiger partial charge is 0.321 e. The van der Waals surface area contributed by atoms with Crippen LogP contribution in [0.15, 0.2) is 0 Å². The fourth-order valence-electron chi connectivity index (χ4n) is 0.415. The van der Waals surface area contributed by atoms with E-state index >= 15 is 0 Å². The summed E-state index contributed by atoms with van der Waals surface area (Å²) in [6.07, 6.45) is 0.526. The van der Waals surface area contributed by atoms with Crippen LogP contribution < -0.4 is 0 Å². The lowest BCUT2D eigenvalue weighted by atomic mass is 10.3. The Morgan fingerprint density at radius 3 is 1.71 bits per heavy atom. The molecule has 0 saturated carbocycles. The zero-order valence-electron chi connectivity index (χ0n) is 8.04. The lowest BCUT2D eigenvalue weighted by Crippen LogP contribution is -2.10. The van der Waals surface area contributed by atoms with Crippen LogP contribution in [0.2, 0.25) is 0 Å². The molecule has 0 rings (SSSR count). The van der Waals surface area contributed by atoms with Gasteiger partial charge in [-0.1, -0.05) is 6.92 Å². The third-order valence-corrected chi connectivity index (χ3v) is 1.73. The average molecular weight is 245 g/mol. The number of aliphatic carboxylic acids is 2. The molecular formula is C8H14Cl2O4. The predicted octanol–water partition coefficient (Wildman–Crippen LogP) is 2.18. The highest BCUT2D eigenvalue weighted by Gasteiger charge is 2.08. The van der Waals surface area contributed by atoms with Gasteiger partial charge in [0.2, 0.25) is 0 Å². The van der Waals surface area contributed by atoms with E-state index in [-0.39, 0.29) is 11.8 Å². The Morgan fingerprint density at radius 2 is 1.71 bits per heavy atom. The van der Waals surface area contributed by atoms with Crippen LogP contribution in [0.1, 0.15) is 26.7 Å². The summed E-state index contributed by atoms with van der Waals surface area (Å²) < 4.78 is 0. The molecule has 0 heterocycles. The van der Waals surface area contributed by atoms with Gasteiger partial charge in [0.15, 0.2) is 0 Å². The average Bonchev–Trinajstić information content (AvgIpc) is 2.01. The van der Waals surface area contributed by atoms with Gasteiger partial charge in [-0.05, 0) is 13.3 Å². The van der Waals surface area contributed by atoms with E-state index in [4.69, 9.17) is 33.4 Å². The van der Waals surface area contributed by atoms with Gasteiger partial charge in [0, 0.05) is 5.38 Å². The molecule has 0 aliphatic heterocycles. The van der Waals surface area contributed by atoms with E-state index in [0.717, 1.165) is 0 Å². The van der Waals surface area contributed by atoms with E-state index < -0.39 is 17.3 Å². The minimum absolute atomic E-state index is 0.0432. The standard InChI is InChI=1S/2C4H7ClO2/c1-3(5)2-4(6)7;1-2-3(5)4(6)7/h2*3H,2H2,1H3,(H,6,7). The molecule has 14 heavy (non-hydrogen) atoms. The van der Waals surface area contributed by atoms with Crippen molar-refractivity contribution in [3.05, 3.63) is 0 Å². The maximum atomic E-state index is 9.80. The molecule has 0 aliphatic rings. The van der Waals surface area contributed by atoms with Crippen molar-refractivity contribution in [2.45, 2.75) is 37.4 Å². The normalized spacial score (nSPS) is 13.4. The van der Waals surface area contributed by atoms with Crippen molar-refractivity contribution in [2.24, 2.45) is 0 Å². The molecule has 0 aromatic carbocycles. The molecule has 0 amide bonds. The van der Waals surface area contributed by atoms with E-state index in [2.05, 4.69) is 0 Å². The first-order valence-electron chi connectivity index (χ1n) is 4.04. The molecule has 0 aliphatic carbocycles. The van der Waals surface area contributed by atoms with Gasteiger partial charge in [-0.15, -0.1) is 23.2 Å². The van der Waals surface area contributed by atoms with Crippen molar-refractivity contribution in [3.8, 4) is 0 Å². The zero-order chi connectivity index (χ0) is 11.7. The SMILES string of the molecule is CC(Cl)CC(=O)O.CCC(Cl)C(=O)O. The summed E-state index contributed by atoms with van der Waals surface area (Å²) in [6, 6.07) is 0. The van der Waals surface area contributed by atoms with Crippen LogP contribution in [-0.4, -0.2) is 32.9 Å². The zero-order valence-corrected chi connectivity index (χ0v) is 9.55. The third kappa shape index (κ3) is 14.1. The molecule has 0 aromatic heterocycles. The summed E-state index contributed by atoms with van der Waals surface area (Å²) in [4.78, 5) is 19.5. The van der Waals surface area contributed by atoms with Crippen LogP contribution in [0.25, 0.3) is 0 Å². The Balaban J connectivity index is 0. The van der Waals surface area contributed by atoms with Crippen LogP contribution in [0.5, 0.6) is 0 Å². The van der Waals surface area contributed by atoms with Gasteiger partial charge in [-0.3, -0.25) is 9.59 Å². The first-order chi connectivity index (χ1) is 6.31. The van der Waals surface area contributed by atoms with Crippen molar-refractivity contribution in [1.29, 1.82) is 0 Å². The van der Waals surface area contributed by atoms with E-state index in [1.165, 1.54) is 0 Å². The number of hydrogen-bond acceptors (Lipinski definition) is 2. The molecule has 0 saturated heterocycles. The van der Waals surface area contributed by atoms with E-state index in [1.54, 1.807) is 13.8 Å². The second kappa shape index (κ2) is 9.09. The summed E-state index contributed by atoms with van der Waals surface area (Å²) in [5.41, 5.74) is 0. The van der Waals surface area contributed by atoms with Gasteiger partial charge in [0.1, 0.15) is 5.38 Å². The molecule has 0 radical (unpaired) electrons. The molecule has 0 fully saturated rings.